The van der Waals surface area contributed by atoms with E-state index in [0.29, 0.717) is 5.56 Å². The normalized spacial score (nSPS) is 11.4. The number of para-hydroxylation sites is 2. The van der Waals surface area contributed by atoms with E-state index < -0.39 is 0 Å². The fourth-order valence-corrected chi connectivity index (χ4v) is 6.63. The zero-order valence-electron chi connectivity index (χ0n) is 23.7. The minimum atomic E-state index is -0.320. The van der Waals surface area contributed by atoms with Gasteiger partial charge in [-0.1, -0.05) is 127 Å². The number of benzene rings is 8. The first-order valence-electron chi connectivity index (χ1n) is 14.6. The summed E-state index contributed by atoms with van der Waals surface area (Å²) in [4.78, 5) is 14.7. The van der Waals surface area contributed by atoms with Crippen LogP contribution in [0.15, 0.2) is 152 Å². The van der Waals surface area contributed by atoms with E-state index in [-0.39, 0.29) is 10.6 Å². The zero-order chi connectivity index (χ0) is 29.6. The topological polar surface area (TPSA) is 58.9 Å². The van der Waals surface area contributed by atoms with Crippen molar-refractivity contribution in [1.29, 1.82) is 0 Å². The molecule has 1 aromatic heterocycles. The first kappa shape index (κ1) is 25.7. The van der Waals surface area contributed by atoms with Gasteiger partial charge >= 0.3 is 0 Å². The summed E-state index contributed by atoms with van der Waals surface area (Å²) in [7, 11) is 0. The molecule has 0 aliphatic rings. The summed E-state index contributed by atoms with van der Waals surface area (Å²) in [6, 6.07) is 51.0. The number of rotatable bonds is 2. The van der Waals surface area contributed by atoms with Gasteiger partial charge in [0.1, 0.15) is 0 Å². The van der Waals surface area contributed by atoms with Gasteiger partial charge < -0.3 is 4.98 Å². The van der Waals surface area contributed by atoms with Crippen LogP contribution in [0, 0.1) is 10.1 Å². The van der Waals surface area contributed by atoms with Gasteiger partial charge in [-0.25, -0.2) is 0 Å². The number of nitro benzene ring substituents is 1. The third kappa shape index (κ3) is 4.08. The van der Waals surface area contributed by atoms with Crippen LogP contribution < -0.4 is 0 Å². The molecule has 0 saturated carbocycles. The Balaban J connectivity index is 0.000000132. The second-order valence-corrected chi connectivity index (χ2v) is 11.0. The molecule has 0 unspecified atom stereocenters. The number of hydrogen-bond donors (Lipinski definition) is 1. The van der Waals surface area contributed by atoms with Gasteiger partial charge in [0, 0.05) is 27.7 Å². The summed E-state index contributed by atoms with van der Waals surface area (Å²) in [6.07, 6.45) is 0. The summed E-state index contributed by atoms with van der Waals surface area (Å²) in [6.45, 7) is 0. The maximum absolute atomic E-state index is 11.4. The van der Waals surface area contributed by atoms with Crippen molar-refractivity contribution in [2.24, 2.45) is 0 Å². The Bertz CT molecular complexity index is 2540. The fraction of sp³-hybridized carbons (Fsp3) is 0. The predicted octanol–water partition coefficient (Wildman–Crippen LogP) is 11.2. The summed E-state index contributed by atoms with van der Waals surface area (Å²) >= 11 is 0. The molecule has 1 N–H and O–H groups in total. The third-order valence-electron chi connectivity index (χ3n) is 8.55. The summed E-state index contributed by atoms with van der Waals surface area (Å²) < 4.78 is 0. The van der Waals surface area contributed by atoms with Crippen molar-refractivity contribution in [3.63, 3.8) is 0 Å². The van der Waals surface area contributed by atoms with Gasteiger partial charge in [0.15, 0.2) is 0 Å². The molecule has 8 aromatic carbocycles. The Morgan fingerprint density at radius 1 is 0.455 bits per heavy atom. The van der Waals surface area contributed by atoms with Crippen LogP contribution in [0.3, 0.4) is 0 Å². The molecule has 0 amide bonds. The minimum Gasteiger partial charge on any atom is -0.354 e. The van der Waals surface area contributed by atoms with Crippen LogP contribution in [0.25, 0.3) is 76.0 Å². The molecular formula is C40H26N2O2. The fourth-order valence-electron chi connectivity index (χ4n) is 6.63. The monoisotopic (exact) mass is 566 g/mol. The van der Waals surface area contributed by atoms with E-state index in [4.69, 9.17) is 0 Å². The Morgan fingerprint density at radius 3 is 1.68 bits per heavy atom. The number of H-pyrrole nitrogens is 1. The molecule has 9 rings (SSSR count). The van der Waals surface area contributed by atoms with Crippen LogP contribution in [0.4, 0.5) is 5.69 Å². The molecule has 0 bridgehead atoms. The highest BCUT2D eigenvalue weighted by atomic mass is 16.6. The van der Waals surface area contributed by atoms with E-state index in [1.165, 1.54) is 43.4 Å². The molecule has 44 heavy (non-hydrogen) atoms. The van der Waals surface area contributed by atoms with Crippen LogP contribution >= 0.6 is 0 Å². The SMILES string of the molecule is O=[N+]([O-])c1ccccc1-c1cc2ccccc2c2ccccc12.c1ccc2c(c1)[nH]c1c3ccccc3c3ccccc3c21. The first-order chi connectivity index (χ1) is 21.7. The van der Waals surface area contributed by atoms with Crippen LogP contribution in [-0.2, 0) is 0 Å². The second-order valence-electron chi connectivity index (χ2n) is 11.0. The van der Waals surface area contributed by atoms with Gasteiger partial charge in [0.2, 0.25) is 0 Å². The smallest absolute Gasteiger partial charge is 0.277 e. The molecule has 0 radical (unpaired) electrons. The summed E-state index contributed by atoms with van der Waals surface area (Å²) in [5.74, 6) is 0. The number of aromatic nitrogens is 1. The van der Waals surface area contributed by atoms with Crippen molar-refractivity contribution in [2.75, 3.05) is 0 Å². The van der Waals surface area contributed by atoms with E-state index in [2.05, 4.69) is 89.9 Å². The first-order valence-corrected chi connectivity index (χ1v) is 14.6. The Labute approximate surface area is 253 Å². The molecule has 0 aliphatic carbocycles. The number of hydrogen-bond acceptors (Lipinski definition) is 2. The lowest BCUT2D eigenvalue weighted by Gasteiger charge is -2.11. The quantitative estimate of drug-likeness (QED) is 0.129. The molecule has 4 heteroatoms. The van der Waals surface area contributed by atoms with Gasteiger partial charge in [-0.15, -0.1) is 0 Å². The highest BCUT2D eigenvalue weighted by molar-refractivity contribution is 6.31. The van der Waals surface area contributed by atoms with Crippen molar-refractivity contribution >= 4 is 70.6 Å². The van der Waals surface area contributed by atoms with Crippen LogP contribution in [-0.4, -0.2) is 9.91 Å². The van der Waals surface area contributed by atoms with Crippen molar-refractivity contribution in [3.8, 4) is 11.1 Å². The average Bonchev–Trinajstić information content (AvgIpc) is 3.49. The molecule has 4 nitrogen and oxygen atoms in total. The van der Waals surface area contributed by atoms with E-state index in [0.717, 1.165) is 27.1 Å². The van der Waals surface area contributed by atoms with Crippen molar-refractivity contribution in [3.05, 3.63) is 162 Å². The van der Waals surface area contributed by atoms with E-state index >= 15 is 0 Å². The summed E-state index contributed by atoms with van der Waals surface area (Å²) in [5, 5.41) is 23.7. The van der Waals surface area contributed by atoms with E-state index in [1.54, 1.807) is 12.1 Å². The maximum atomic E-state index is 11.4. The Morgan fingerprint density at radius 2 is 0.955 bits per heavy atom. The summed E-state index contributed by atoms with van der Waals surface area (Å²) in [5.41, 5.74) is 4.12. The molecule has 0 spiro atoms. The van der Waals surface area contributed by atoms with Gasteiger partial charge in [-0.05, 0) is 61.5 Å². The van der Waals surface area contributed by atoms with E-state index in [1.807, 2.05) is 54.6 Å². The molecular weight excluding hydrogens is 540 g/mol. The molecule has 0 atom stereocenters. The van der Waals surface area contributed by atoms with Gasteiger partial charge in [-0.2, -0.15) is 0 Å². The molecule has 0 saturated heterocycles. The molecule has 1 heterocycles. The standard InChI is InChI=1S/C20H13NO2.C20H13N/c22-21(23)20-12-6-5-11-18(20)19-13-14-7-1-2-8-15(14)16-9-3-4-10-17(16)19;1-3-9-15-13(7-1)14-8-2-4-10-16(14)20-19(15)17-11-5-6-12-18(17)21-20/h1-13H;1-12,21H. The van der Waals surface area contributed by atoms with Crippen molar-refractivity contribution in [1.82, 2.24) is 4.98 Å². The lowest BCUT2D eigenvalue weighted by Crippen LogP contribution is -1.92. The third-order valence-corrected chi connectivity index (χ3v) is 8.55. The predicted molar refractivity (Wildman–Crippen MR) is 184 cm³/mol. The number of fused-ring (bicyclic) bond motifs is 11. The second kappa shape index (κ2) is 10.4. The van der Waals surface area contributed by atoms with Gasteiger partial charge in [-0.3, -0.25) is 10.1 Å². The molecule has 208 valence electrons. The van der Waals surface area contributed by atoms with Crippen LogP contribution in [0.5, 0.6) is 0 Å². The van der Waals surface area contributed by atoms with Crippen molar-refractivity contribution < 1.29 is 4.92 Å². The Kier molecular flexibility index (Phi) is 6.05. The largest absolute Gasteiger partial charge is 0.354 e. The Hall–Kier alpha value is -6.00. The van der Waals surface area contributed by atoms with Crippen LogP contribution in [0.2, 0.25) is 0 Å². The van der Waals surface area contributed by atoms with E-state index in [9.17, 15) is 10.1 Å². The lowest BCUT2D eigenvalue weighted by molar-refractivity contribution is -0.384. The lowest BCUT2D eigenvalue weighted by atomic mass is 9.92. The zero-order valence-corrected chi connectivity index (χ0v) is 23.7. The van der Waals surface area contributed by atoms with Gasteiger partial charge in [0.25, 0.3) is 5.69 Å². The number of nitro groups is 1. The van der Waals surface area contributed by atoms with Gasteiger partial charge in [0.05, 0.1) is 16.0 Å². The molecule has 9 aromatic rings. The van der Waals surface area contributed by atoms with Crippen molar-refractivity contribution in [2.45, 2.75) is 0 Å². The average molecular weight is 567 g/mol. The number of nitrogens with zero attached hydrogens (tertiary/aromatic N) is 1. The molecule has 0 fully saturated rings. The van der Waals surface area contributed by atoms with Crippen LogP contribution in [0.1, 0.15) is 0 Å². The highest BCUT2D eigenvalue weighted by Crippen LogP contribution is 2.40. The molecule has 0 aliphatic heterocycles. The minimum absolute atomic E-state index is 0.132. The number of aromatic amines is 1. The maximum Gasteiger partial charge on any atom is 0.277 e. The highest BCUT2D eigenvalue weighted by Gasteiger charge is 2.17. The number of nitrogens with one attached hydrogen (secondary N) is 1.